The minimum Gasteiger partial charge on any atom is -0.480 e. The Morgan fingerprint density at radius 3 is 2.47 bits per heavy atom. The van der Waals surface area contributed by atoms with Crippen molar-refractivity contribution in [3.8, 4) is 0 Å². The molecule has 3 rings (SSSR count). The molecule has 1 aliphatic carbocycles. The van der Waals surface area contributed by atoms with Gasteiger partial charge in [-0.05, 0) is 30.4 Å². The largest absolute Gasteiger partial charge is 0.480 e. The molecule has 3 nitrogen and oxygen atoms in total. The van der Waals surface area contributed by atoms with Gasteiger partial charge in [0.15, 0.2) is 0 Å². The highest BCUT2D eigenvalue weighted by molar-refractivity contribution is 5.74. The molecule has 1 aliphatic heterocycles. The molecule has 1 atom stereocenters. The van der Waals surface area contributed by atoms with Crippen molar-refractivity contribution in [1.82, 2.24) is 4.90 Å². The Morgan fingerprint density at radius 2 is 1.79 bits per heavy atom. The number of fused-ring (bicyclic) bond motifs is 1. The zero-order valence-electron chi connectivity index (χ0n) is 11.2. The van der Waals surface area contributed by atoms with Gasteiger partial charge in [-0.15, -0.1) is 0 Å². The van der Waals surface area contributed by atoms with Crippen LogP contribution in [0.5, 0.6) is 0 Å². The van der Waals surface area contributed by atoms with Crippen LogP contribution in [0.15, 0.2) is 24.3 Å². The molecule has 2 aliphatic rings. The van der Waals surface area contributed by atoms with E-state index in [4.69, 9.17) is 0 Å². The minimum atomic E-state index is -0.667. The number of carbonyl (C=O) groups is 1. The molecular formula is C16H21NO2. The molecule has 0 radical (unpaired) electrons. The van der Waals surface area contributed by atoms with Crippen LogP contribution in [-0.2, 0) is 17.8 Å². The fraction of sp³-hybridized carbons (Fsp3) is 0.562. The first-order chi connectivity index (χ1) is 9.25. The number of carboxylic acid groups (broad SMARTS) is 1. The lowest BCUT2D eigenvalue weighted by Gasteiger charge is -2.41. The second kappa shape index (κ2) is 5.33. The Morgan fingerprint density at radius 1 is 1.11 bits per heavy atom. The predicted molar refractivity (Wildman–Crippen MR) is 74.0 cm³/mol. The van der Waals surface area contributed by atoms with Gasteiger partial charge in [0.1, 0.15) is 6.04 Å². The number of carboxylic acids is 1. The summed E-state index contributed by atoms with van der Waals surface area (Å²) in [6, 6.07) is 8.40. The number of rotatable bonds is 2. The summed E-state index contributed by atoms with van der Waals surface area (Å²) in [5, 5.41) is 9.52. The summed E-state index contributed by atoms with van der Waals surface area (Å²) in [5.74, 6) is -0.667. The van der Waals surface area contributed by atoms with Crippen molar-refractivity contribution in [3.63, 3.8) is 0 Å². The average molecular weight is 259 g/mol. The van der Waals surface area contributed by atoms with Crippen molar-refractivity contribution < 1.29 is 9.90 Å². The molecule has 1 fully saturated rings. The van der Waals surface area contributed by atoms with Crippen LogP contribution >= 0.6 is 0 Å². The summed E-state index contributed by atoms with van der Waals surface area (Å²) >= 11 is 0. The van der Waals surface area contributed by atoms with Crippen molar-refractivity contribution in [2.24, 2.45) is 0 Å². The summed E-state index contributed by atoms with van der Waals surface area (Å²) in [6.07, 6.45) is 6.77. The van der Waals surface area contributed by atoms with Crippen LogP contribution in [0.25, 0.3) is 0 Å². The van der Waals surface area contributed by atoms with Crippen LogP contribution in [0.4, 0.5) is 0 Å². The van der Waals surface area contributed by atoms with E-state index in [-0.39, 0.29) is 6.04 Å². The molecule has 1 aromatic carbocycles. The second-order valence-corrected chi connectivity index (χ2v) is 5.79. The molecule has 0 bridgehead atoms. The van der Waals surface area contributed by atoms with E-state index >= 15 is 0 Å². The summed E-state index contributed by atoms with van der Waals surface area (Å²) in [6.45, 7) is 0.803. The van der Waals surface area contributed by atoms with Gasteiger partial charge in [-0.2, -0.15) is 0 Å². The predicted octanol–water partition coefficient (Wildman–Crippen LogP) is 2.83. The molecule has 0 unspecified atom stereocenters. The van der Waals surface area contributed by atoms with Crippen molar-refractivity contribution in [1.29, 1.82) is 0 Å². The SMILES string of the molecule is O=C(O)[C@@H]1Cc2ccccc2CN1C1CCCCC1. The summed E-state index contributed by atoms with van der Waals surface area (Å²) in [7, 11) is 0. The van der Waals surface area contributed by atoms with Gasteiger partial charge in [-0.1, -0.05) is 43.5 Å². The van der Waals surface area contributed by atoms with Crippen molar-refractivity contribution >= 4 is 5.97 Å². The minimum absolute atomic E-state index is 0.335. The highest BCUT2D eigenvalue weighted by atomic mass is 16.4. The molecule has 0 aromatic heterocycles. The Kier molecular flexibility index (Phi) is 3.56. The van der Waals surface area contributed by atoms with Crippen LogP contribution < -0.4 is 0 Å². The maximum Gasteiger partial charge on any atom is 0.321 e. The lowest BCUT2D eigenvalue weighted by Crippen LogP contribution is -2.51. The van der Waals surface area contributed by atoms with Gasteiger partial charge in [0, 0.05) is 12.6 Å². The van der Waals surface area contributed by atoms with E-state index < -0.39 is 5.97 Å². The number of nitrogens with zero attached hydrogens (tertiary/aromatic N) is 1. The van der Waals surface area contributed by atoms with E-state index in [1.807, 2.05) is 6.07 Å². The normalized spacial score (nSPS) is 24.9. The van der Waals surface area contributed by atoms with Gasteiger partial charge < -0.3 is 5.11 Å². The third-order valence-corrected chi connectivity index (χ3v) is 4.61. The molecule has 0 spiro atoms. The second-order valence-electron chi connectivity index (χ2n) is 5.79. The Labute approximate surface area is 114 Å². The fourth-order valence-corrected chi connectivity index (χ4v) is 3.57. The first-order valence-electron chi connectivity index (χ1n) is 7.31. The maximum atomic E-state index is 11.6. The molecule has 1 saturated carbocycles. The van der Waals surface area contributed by atoms with Crippen LogP contribution in [-0.4, -0.2) is 28.1 Å². The average Bonchev–Trinajstić information content (AvgIpc) is 2.46. The molecule has 3 heteroatoms. The third-order valence-electron chi connectivity index (χ3n) is 4.61. The maximum absolute atomic E-state index is 11.6. The topological polar surface area (TPSA) is 40.5 Å². The standard InChI is InChI=1S/C16H21NO2/c18-16(19)15-10-12-6-4-5-7-13(12)11-17(15)14-8-2-1-3-9-14/h4-7,14-15H,1-3,8-11H2,(H,18,19)/t15-/m0/s1. The number of benzene rings is 1. The van der Waals surface area contributed by atoms with Gasteiger partial charge in [0.05, 0.1) is 0 Å². The lowest BCUT2D eigenvalue weighted by molar-refractivity contribution is -0.145. The molecule has 1 N–H and O–H groups in total. The van der Waals surface area contributed by atoms with E-state index in [0.717, 1.165) is 19.4 Å². The van der Waals surface area contributed by atoms with Gasteiger partial charge in [0.2, 0.25) is 0 Å². The van der Waals surface area contributed by atoms with E-state index in [9.17, 15) is 9.90 Å². The summed E-state index contributed by atoms with van der Waals surface area (Å²) in [5.41, 5.74) is 2.52. The Hall–Kier alpha value is -1.35. The zero-order chi connectivity index (χ0) is 13.2. The summed E-state index contributed by atoms with van der Waals surface area (Å²) < 4.78 is 0. The zero-order valence-corrected chi connectivity index (χ0v) is 11.2. The first kappa shape index (κ1) is 12.7. The molecule has 0 amide bonds. The van der Waals surface area contributed by atoms with Crippen LogP contribution in [0, 0.1) is 0 Å². The number of hydrogen-bond donors (Lipinski definition) is 1. The lowest BCUT2D eigenvalue weighted by atomic mass is 9.88. The highest BCUT2D eigenvalue weighted by Gasteiger charge is 2.35. The molecular weight excluding hydrogens is 238 g/mol. The van der Waals surface area contributed by atoms with Crippen LogP contribution in [0.3, 0.4) is 0 Å². The third kappa shape index (κ3) is 2.52. The van der Waals surface area contributed by atoms with Crippen LogP contribution in [0.1, 0.15) is 43.2 Å². The molecule has 102 valence electrons. The molecule has 1 aromatic rings. The van der Waals surface area contributed by atoms with E-state index in [1.165, 1.54) is 30.4 Å². The van der Waals surface area contributed by atoms with Gasteiger partial charge >= 0.3 is 5.97 Å². The van der Waals surface area contributed by atoms with Gasteiger partial charge in [-0.25, -0.2) is 0 Å². The van der Waals surface area contributed by atoms with E-state index in [2.05, 4.69) is 23.1 Å². The quantitative estimate of drug-likeness (QED) is 0.888. The number of aliphatic carboxylic acids is 1. The fourth-order valence-electron chi connectivity index (χ4n) is 3.57. The van der Waals surface area contributed by atoms with Gasteiger partial charge in [-0.3, -0.25) is 9.69 Å². The molecule has 19 heavy (non-hydrogen) atoms. The van der Waals surface area contributed by atoms with Crippen LogP contribution in [0.2, 0.25) is 0 Å². The van der Waals surface area contributed by atoms with E-state index in [0.29, 0.717) is 12.5 Å². The van der Waals surface area contributed by atoms with Crippen molar-refractivity contribution in [2.45, 2.75) is 57.2 Å². The molecule has 0 saturated heterocycles. The Balaban J connectivity index is 1.86. The highest BCUT2D eigenvalue weighted by Crippen LogP contribution is 2.31. The van der Waals surface area contributed by atoms with E-state index in [1.54, 1.807) is 0 Å². The number of hydrogen-bond acceptors (Lipinski definition) is 2. The van der Waals surface area contributed by atoms with Crippen molar-refractivity contribution in [3.05, 3.63) is 35.4 Å². The summed E-state index contributed by atoms with van der Waals surface area (Å²) in [4.78, 5) is 13.8. The Bertz CT molecular complexity index is 466. The van der Waals surface area contributed by atoms with Crippen molar-refractivity contribution in [2.75, 3.05) is 0 Å². The smallest absolute Gasteiger partial charge is 0.321 e. The van der Waals surface area contributed by atoms with Gasteiger partial charge in [0.25, 0.3) is 0 Å². The first-order valence-corrected chi connectivity index (χ1v) is 7.31. The molecule has 1 heterocycles. The monoisotopic (exact) mass is 259 g/mol.